The molecule has 8 heteroatoms. The van der Waals surface area contributed by atoms with Crippen molar-refractivity contribution in [3.63, 3.8) is 0 Å². The summed E-state index contributed by atoms with van der Waals surface area (Å²) in [6.07, 6.45) is 1.10. The number of rotatable bonds is 6. The summed E-state index contributed by atoms with van der Waals surface area (Å²) in [4.78, 5) is 14.0. The van der Waals surface area contributed by atoms with Gasteiger partial charge in [0.2, 0.25) is 15.9 Å². The van der Waals surface area contributed by atoms with Gasteiger partial charge < -0.3 is 4.90 Å². The molecule has 3 rings (SSSR count). The Bertz CT molecular complexity index is 1010. The van der Waals surface area contributed by atoms with E-state index in [4.69, 9.17) is 0 Å². The Labute approximate surface area is 166 Å². The summed E-state index contributed by atoms with van der Waals surface area (Å²) in [6.45, 7) is 10.9. The first-order valence-corrected chi connectivity index (χ1v) is 11.2. The predicted octanol–water partition coefficient (Wildman–Crippen LogP) is 2.86. The van der Waals surface area contributed by atoms with Crippen molar-refractivity contribution in [2.75, 3.05) is 11.4 Å². The number of nitrogens with one attached hydrogen (secondary N) is 1. The van der Waals surface area contributed by atoms with Crippen LogP contribution in [-0.4, -0.2) is 30.7 Å². The molecular formula is C20H28N4O3S. The maximum atomic E-state index is 13.0. The van der Waals surface area contributed by atoms with Crippen molar-refractivity contribution >= 4 is 21.6 Å². The second kappa shape index (κ2) is 7.67. The van der Waals surface area contributed by atoms with Crippen LogP contribution in [0.3, 0.4) is 0 Å². The molecule has 0 aliphatic carbocycles. The van der Waals surface area contributed by atoms with E-state index in [2.05, 4.69) is 9.82 Å². The average Bonchev–Trinajstić information content (AvgIpc) is 3.20. The van der Waals surface area contributed by atoms with Crippen molar-refractivity contribution < 1.29 is 13.2 Å². The second-order valence-electron chi connectivity index (χ2n) is 7.18. The van der Waals surface area contributed by atoms with Gasteiger partial charge in [-0.1, -0.05) is 6.92 Å². The van der Waals surface area contributed by atoms with Crippen LogP contribution in [0.15, 0.2) is 23.1 Å². The topological polar surface area (TPSA) is 84.3 Å². The van der Waals surface area contributed by atoms with E-state index in [9.17, 15) is 13.2 Å². The monoisotopic (exact) mass is 404 g/mol. The van der Waals surface area contributed by atoms with E-state index in [1.165, 1.54) is 0 Å². The summed E-state index contributed by atoms with van der Waals surface area (Å²) in [5, 5.41) is 4.48. The fourth-order valence-electron chi connectivity index (χ4n) is 4.00. The third-order valence-corrected chi connectivity index (χ3v) is 6.90. The molecule has 1 aliphatic rings. The Morgan fingerprint density at radius 2 is 2.00 bits per heavy atom. The smallest absolute Gasteiger partial charge is 0.241 e. The minimum Gasteiger partial charge on any atom is -0.312 e. The zero-order valence-electron chi connectivity index (χ0n) is 17.1. The van der Waals surface area contributed by atoms with E-state index in [0.717, 1.165) is 34.7 Å². The van der Waals surface area contributed by atoms with Crippen LogP contribution in [0.4, 0.5) is 5.69 Å². The fourth-order valence-corrected chi connectivity index (χ4v) is 5.26. The van der Waals surface area contributed by atoms with Crippen molar-refractivity contribution in [1.29, 1.82) is 0 Å². The summed E-state index contributed by atoms with van der Waals surface area (Å²) < 4.78 is 30.6. The minimum atomic E-state index is -3.69. The third-order valence-electron chi connectivity index (χ3n) is 5.36. The van der Waals surface area contributed by atoms with Gasteiger partial charge in [-0.15, -0.1) is 0 Å². The number of carbonyl (C=O) groups excluding carboxylic acids is 1. The maximum absolute atomic E-state index is 13.0. The molecule has 1 aliphatic heterocycles. The summed E-state index contributed by atoms with van der Waals surface area (Å²) in [5.41, 5.74) is 4.42. The maximum Gasteiger partial charge on any atom is 0.241 e. The lowest BCUT2D eigenvalue weighted by molar-refractivity contribution is -0.118. The molecule has 1 N–H and O–H groups in total. The lowest BCUT2D eigenvalue weighted by atomic mass is 10.1. The molecule has 28 heavy (non-hydrogen) atoms. The lowest BCUT2D eigenvalue weighted by Gasteiger charge is -2.18. The first kappa shape index (κ1) is 20.5. The van der Waals surface area contributed by atoms with Crippen LogP contribution in [-0.2, 0) is 27.8 Å². The number of carbonyl (C=O) groups is 1. The highest BCUT2D eigenvalue weighted by atomic mass is 32.2. The molecule has 1 aromatic carbocycles. The molecule has 1 aromatic heterocycles. The van der Waals surface area contributed by atoms with Crippen LogP contribution in [0.1, 0.15) is 55.7 Å². The van der Waals surface area contributed by atoms with Gasteiger partial charge in [-0.25, -0.2) is 13.1 Å². The Kier molecular flexibility index (Phi) is 5.63. The first-order valence-electron chi connectivity index (χ1n) is 9.69. The Balaban J connectivity index is 1.86. The second-order valence-corrected chi connectivity index (χ2v) is 8.90. The molecular weight excluding hydrogens is 376 g/mol. The summed E-state index contributed by atoms with van der Waals surface area (Å²) in [6, 6.07) is 4.60. The van der Waals surface area contributed by atoms with Crippen molar-refractivity contribution in [2.24, 2.45) is 0 Å². The van der Waals surface area contributed by atoms with E-state index in [0.29, 0.717) is 19.4 Å². The number of amides is 1. The van der Waals surface area contributed by atoms with E-state index < -0.39 is 16.1 Å². The van der Waals surface area contributed by atoms with Gasteiger partial charge >= 0.3 is 0 Å². The summed E-state index contributed by atoms with van der Waals surface area (Å²) in [7, 11) is -3.69. The number of aryl methyl sites for hydroxylation is 2. The van der Waals surface area contributed by atoms with Crippen LogP contribution in [0.2, 0.25) is 0 Å². The number of anilines is 1. The highest BCUT2D eigenvalue weighted by molar-refractivity contribution is 7.89. The largest absolute Gasteiger partial charge is 0.312 e. The van der Waals surface area contributed by atoms with E-state index in [1.807, 2.05) is 39.3 Å². The number of fused-ring (bicyclic) bond motifs is 1. The van der Waals surface area contributed by atoms with Gasteiger partial charge in [0.05, 0.1) is 10.6 Å². The number of hydrogen-bond donors (Lipinski definition) is 1. The summed E-state index contributed by atoms with van der Waals surface area (Å²) >= 11 is 0. The standard InChI is InChI=1S/C20H28N4O3S/c1-6-19(25)23-11-10-16-12-17(8-9-18(16)23)28(26,27)22-14(4)20-13(3)21-24(7-2)15(20)5/h8-9,12,14,22H,6-7,10-11H2,1-5H3. The van der Waals surface area contributed by atoms with Crippen molar-refractivity contribution in [3.8, 4) is 0 Å². The lowest BCUT2D eigenvalue weighted by Crippen LogP contribution is -2.28. The Morgan fingerprint density at radius 1 is 1.29 bits per heavy atom. The first-order chi connectivity index (χ1) is 13.2. The molecule has 2 heterocycles. The number of aromatic nitrogens is 2. The molecule has 0 bridgehead atoms. The van der Waals surface area contributed by atoms with Crippen molar-refractivity contribution in [3.05, 3.63) is 40.7 Å². The zero-order chi connectivity index (χ0) is 20.6. The molecule has 1 unspecified atom stereocenters. The van der Waals surface area contributed by atoms with Crippen LogP contribution in [0.5, 0.6) is 0 Å². The highest BCUT2D eigenvalue weighted by Crippen LogP contribution is 2.31. The Morgan fingerprint density at radius 3 is 2.61 bits per heavy atom. The SMILES string of the molecule is CCC(=O)N1CCc2cc(S(=O)(=O)NC(C)c3c(C)nn(CC)c3C)ccc21. The molecule has 7 nitrogen and oxygen atoms in total. The van der Waals surface area contributed by atoms with Crippen LogP contribution >= 0.6 is 0 Å². The molecule has 0 saturated heterocycles. The summed E-state index contributed by atoms with van der Waals surface area (Å²) in [5.74, 6) is 0.0555. The molecule has 1 atom stereocenters. The molecule has 0 saturated carbocycles. The zero-order valence-corrected chi connectivity index (χ0v) is 17.9. The molecule has 0 radical (unpaired) electrons. The van der Waals surface area contributed by atoms with Crippen molar-refractivity contribution in [2.45, 2.75) is 64.9 Å². The average molecular weight is 405 g/mol. The number of nitrogens with zero attached hydrogens (tertiary/aromatic N) is 3. The number of hydrogen-bond acceptors (Lipinski definition) is 4. The molecule has 2 aromatic rings. The van der Waals surface area contributed by atoms with E-state index in [1.54, 1.807) is 23.1 Å². The van der Waals surface area contributed by atoms with Crippen LogP contribution in [0, 0.1) is 13.8 Å². The third kappa shape index (κ3) is 3.58. The van der Waals surface area contributed by atoms with Gasteiger partial charge in [0.25, 0.3) is 0 Å². The minimum absolute atomic E-state index is 0.0555. The van der Waals surface area contributed by atoms with Crippen LogP contribution in [0.25, 0.3) is 0 Å². The molecule has 1 amide bonds. The van der Waals surface area contributed by atoms with Gasteiger partial charge in [0.1, 0.15) is 0 Å². The van der Waals surface area contributed by atoms with Gasteiger partial charge in [-0.2, -0.15) is 5.10 Å². The van der Waals surface area contributed by atoms with Crippen LogP contribution < -0.4 is 9.62 Å². The fraction of sp³-hybridized carbons (Fsp3) is 0.500. The van der Waals surface area contributed by atoms with Crippen molar-refractivity contribution in [1.82, 2.24) is 14.5 Å². The highest BCUT2D eigenvalue weighted by Gasteiger charge is 2.27. The predicted molar refractivity (Wildman–Crippen MR) is 109 cm³/mol. The van der Waals surface area contributed by atoms with E-state index in [-0.39, 0.29) is 10.8 Å². The molecule has 0 spiro atoms. The quantitative estimate of drug-likeness (QED) is 0.802. The Hall–Kier alpha value is -2.19. The molecule has 152 valence electrons. The number of sulfonamides is 1. The normalized spacial score (nSPS) is 15.0. The number of benzene rings is 1. The molecule has 0 fully saturated rings. The van der Waals surface area contributed by atoms with E-state index >= 15 is 0 Å². The van der Waals surface area contributed by atoms with Gasteiger partial charge in [0.15, 0.2) is 0 Å². The van der Waals surface area contributed by atoms with Gasteiger partial charge in [-0.05, 0) is 57.9 Å². The van der Waals surface area contributed by atoms with Gasteiger partial charge in [0, 0.05) is 42.5 Å². The van der Waals surface area contributed by atoms with Gasteiger partial charge in [-0.3, -0.25) is 9.48 Å².